The van der Waals surface area contributed by atoms with E-state index in [0.29, 0.717) is 18.4 Å². The molecule has 88 valence electrons. The Balaban J connectivity index is 2.57. The Hall–Kier alpha value is -1.22. The third kappa shape index (κ3) is 1.76. The van der Waals surface area contributed by atoms with Crippen LogP contribution in [-0.4, -0.2) is 15.3 Å². The van der Waals surface area contributed by atoms with Gasteiger partial charge in [0, 0.05) is 5.56 Å². The Morgan fingerprint density at radius 1 is 1.12 bits per heavy atom. The molecule has 3 heteroatoms. The number of benzene rings is 1. The van der Waals surface area contributed by atoms with Crippen LogP contribution in [0, 0.1) is 0 Å². The van der Waals surface area contributed by atoms with Crippen molar-refractivity contribution in [3.63, 3.8) is 0 Å². The van der Waals surface area contributed by atoms with E-state index in [9.17, 15) is 15.3 Å². The molecule has 0 aliphatic heterocycles. The molecule has 0 saturated heterocycles. The van der Waals surface area contributed by atoms with Gasteiger partial charge >= 0.3 is 0 Å². The van der Waals surface area contributed by atoms with Gasteiger partial charge in [-0.15, -0.1) is 0 Å². The van der Waals surface area contributed by atoms with Crippen LogP contribution in [0.25, 0.3) is 0 Å². The molecule has 1 aliphatic rings. The summed E-state index contributed by atoms with van der Waals surface area (Å²) in [5.74, 6) is -0.337. The fourth-order valence-electron chi connectivity index (χ4n) is 1.79. The summed E-state index contributed by atoms with van der Waals surface area (Å²) >= 11 is 0. The maximum absolute atomic E-state index is 10.0. The third-order valence-electron chi connectivity index (χ3n) is 3.18. The van der Waals surface area contributed by atoms with E-state index in [1.54, 1.807) is 12.1 Å². The molecule has 3 nitrogen and oxygen atoms in total. The first-order chi connectivity index (χ1) is 7.24. The molecule has 0 unspecified atom stereocenters. The standard InChI is InChI=1S/C13H18O3/c1-12(2,3)8-6-9(13(16)4-5-13)11(15)10(14)7-8/h6-7,14-16H,4-5H2,1-3H3. The van der Waals surface area contributed by atoms with Crippen molar-refractivity contribution in [1.82, 2.24) is 0 Å². The van der Waals surface area contributed by atoms with Crippen LogP contribution in [0.5, 0.6) is 11.5 Å². The fraction of sp³-hybridized carbons (Fsp3) is 0.538. The zero-order valence-electron chi connectivity index (χ0n) is 9.91. The predicted molar refractivity (Wildman–Crippen MR) is 61.6 cm³/mol. The van der Waals surface area contributed by atoms with Gasteiger partial charge in [0.1, 0.15) is 0 Å². The number of hydrogen-bond donors (Lipinski definition) is 3. The lowest BCUT2D eigenvalue weighted by Gasteiger charge is -2.22. The lowest BCUT2D eigenvalue weighted by Crippen LogP contribution is -2.13. The number of rotatable bonds is 1. The Bertz CT molecular complexity index is 426. The molecule has 0 aromatic heterocycles. The minimum Gasteiger partial charge on any atom is -0.504 e. The molecule has 1 aromatic rings. The molecule has 1 saturated carbocycles. The van der Waals surface area contributed by atoms with E-state index in [1.165, 1.54) is 0 Å². The maximum Gasteiger partial charge on any atom is 0.163 e. The zero-order valence-corrected chi connectivity index (χ0v) is 9.91. The summed E-state index contributed by atoms with van der Waals surface area (Å²) in [4.78, 5) is 0. The number of hydrogen-bond acceptors (Lipinski definition) is 3. The first-order valence-corrected chi connectivity index (χ1v) is 5.53. The van der Waals surface area contributed by atoms with Gasteiger partial charge < -0.3 is 15.3 Å². The van der Waals surface area contributed by atoms with Crippen molar-refractivity contribution in [2.75, 3.05) is 0 Å². The van der Waals surface area contributed by atoms with Crippen LogP contribution in [0.3, 0.4) is 0 Å². The summed E-state index contributed by atoms with van der Waals surface area (Å²) in [6.07, 6.45) is 1.29. The van der Waals surface area contributed by atoms with Gasteiger partial charge in [-0.25, -0.2) is 0 Å². The van der Waals surface area contributed by atoms with E-state index in [2.05, 4.69) is 0 Å². The Kier molecular flexibility index (Phi) is 2.21. The van der Waals surface area contributed by atoms with E-state index in [1.807, 2.05) is 20.8 Å². The molecule has 2 rings (SSSR count). The third-order valence-corrected chi connectivity index (χ3v) is 3.18. The molecule has 1 fully saturated rings. The van der Waals surface area contributed by atoms with Crippen molar-refractivity contribution < 1.29 is 15.3 Å². The summed E-state index contributed by atoms with van der Waals surface area (Å²) in [5, 5.41) is 29.5. The second-order valence-corrected chi connectivity index (χ2v) is 5.67. The van der Waals surface area contributed by atoms with Crippen LogP contribution in [0.2, 0.25) is 0 Å². The highest BCUT2D eigenvalue weighted by Crippen LogP contribution is 2.51. The lowest BCUT2D eigenvalue weighted by molar-refractivity contribution is 0.147. The van der Waals surface area contributed by atoms with Crippen LogP contribution >= 0.6 is 0 Å². The monoisotopic (exact) mass is 222 g/mol. The average molecular weight is 222 g/mol. The second kappa shape index (κ2) is 3.14. The van der Waals surface area contributed by atoms with Gasteiger partial charge in [-0.1, -0.05) is 20.8 Å². The number of aliphatic hydroxyl groups is 1. The molecule has 0 atom stereocenters. The van der Waals surface area contributed by atoms with Gasteiger partial charge in [-0.05, 0) is 36.0 Å². The van der Waals surface area contributed by atoms with Crippen molar-refractivity contribution >= 4 is 0 Å². The van der Waals surface area contributed by atoms with Crippen LogP contribution in [0.1, 0.15) is 44.7 Å². The first-order valence-electron chi connectivity index (χ1n) is 5.53. The molecule has 1 aromatic carbocycles. The molecule has 0 spiro atoms. The topological polar surface area (TPSA) is 60.7 Å². The van der Waals surface area contributed by atoms with Gasteiger partial charge in [0.25, 0.3) is 0 Å². The van der Waals surface area contributed by atoms with Crippen LogP contribution < -0.4 is 0 Å². The van der Waals surface area contributed by atoms with Crippen molar-refractivity contribution in [2.45, 2.75) is 44.6 Å². The fourth-order valence-corrected chi connectivity index (χ4v) is 1.79. The molecule has 0 amide bonds. The summed E-state index contributed by atoms with van der Waals surface area (Å²) in [5.41, 5.74) is 0.323. The predicted octanol–water partition coefficient (Wildman–Crippen LogP) is 2.38. The molecular formula is C13H18O3. The summed E-state index contributed by atoms with van der Waals surface area (Å²) < 4.78 is 0. The number of phenols is 2. The zero-order chi connectivity index (χ0) is 12.1. The average Bonchev–Trinajstić information content (AvgIpc) is 2.87. The van der Waals surface area contributed by atoms with Gasteiger partial charge in [-0.3, -0.25) is 0 Å². The van der Waals surface area contributed by atoms with Crippen molar-refractivity contribution in [2.24, 2.45) is 0 Å². The largest absolute Gasteiger partial charge is 0.504 e. The van der Waals surface area contributed by atoms with Crippen LogP contribution in [-0.2, 0) is 11.0 Å². The molecular weight excluding hydrogens is 204 g/mol. The van der Waals surface area contributed by atoms with E-state index in [0.717, 1.165) is 5.56 Å². The number of aromatic hydroxyl groups is 2. The highest BCUT2D eigenvalue weighted by molar-refractivity contribution is 5.52. The van der Waals surface area contributed by atoms with E-state index >= 15 is 0 Å². The minimum absolute atomic E-state index is 0.120. The molecule has 0 heterocycles. The molecule has 1 aliphatic carbocycles. The van der Waals surface area contributed by atoms with Gasteiger partial charge in [0.15, 0.2) is 11.5 Å². The number of phenolic OH excluding ortho intramolecular Hbond substituents is 2. The molecule has 16 heavy (non-hydrogen) atoms. The van der Waals surface area contributed by atoms with Gasteiger partial charge in [0.05, 0.1) is 5.60 Å². The molecule has 0 radical (unpaired) electrons. The Morgan fingerprint density at radius 2 is 1.69 bits per heavy atom. The van der Waals surface area contributed by atoms with Gasteiger partial charge in [0.2, 0.25) is 0 Å². The van der Waals surface area contributed by atoms with E-state index < -0.39 is 5.60 Å². The Morgan fingerprint density at radius 3 is 2.12 bits per heavy atom. The summed E-state index contributed by atoms with van der Waals surface area (Å²) in [7, 11) is 0. The van der Waals surface area contributed by atoms with Crippen molar-refractivity contribution in [1.29, 1.82) is 0 Å². The van der Waals surface area contributed by atoms with Crippen LogP contribution in [0.4, 0.5) is 0 Å². The maximum atomic E-state index is 10.0. The summed E-state index contributed by atoms with van der Waals surface area (Å²) in [6, 6.07) is 3.35. The van der Waals surface area contributed by atoms with Crippen molar-refractivity contribution in [3.8, 4) is 11.5 Å². The molecule has 0 bridgehead atoms. The second-order valence-electron chi connectivity index (χ2n) is 5.67. The quantitative estimate of drug-likeness (QED) is 0.639. The van der Waals surface area contributed by atoms with Gasteiger partial charge in [-0.2, -0.15) is 0 Å². The summed E-state index contributed by atoms with van der Waals surface area (Å²) in [6.45, 7) is 6.08. The highest BCUT2D eigenvalue weighted by Gasteiger charge is 2.45. The highest BCUT2D eigenvalue weighted by atomic mass is 16.3. The minimum atomic E-state index is -0.928. The molecule has 3 N–H and O–H groups in total. The van der Waals surface area contributed by atoms with E-state index in [4.69, 9.17) is 0 Å². The lowest BCUT2D eigenvalue weighted by atomic mass is 9.85. The van der Waals surface area contributed by atoms with Crippen molar-refractivity contribution in [3.05, 3.63) is 23.3 Å². The van der Waals surface area contributed by atoms with Crippen LogP contribution in [0.15, 0.2) is 12.1 Å². The normalized spacial score (nSPS) is 18.5. The first kappa shape index (κ1) is 11.3. The van der Waals surface area contributed by atoms with E-state index in [-0.39, 0.29) is 16.9 Å². The smallest absolute Gasteiger partial charge is 0.163 e. The Labute approximate surface area is 95.4 Å². The SMILES string of the molecule is CC(C)(C)c1cc(O)c(O)c(C2(O)CC2)c1.